The molecule has 1 aromatic rings. The van der Waals surface area contributed by atoms with E-state index in [0.717, 1.165) is 11.3 Å². The first-order valence-corrected chi connectivity index (χ1v) is 3.18. The summed E-state index contributed by atoms with van der Waals surface area (Å²) in [6, 6.07) is 1.72. The van der Waals surface area contributed by atoms with E-state index in [-0.39, 0.29) is 5.78 Å². The van der Waals surface area contributed by atoms with Gasteiger partial charge in [-0.15, -0.1) is 0 Å². The third kappa shape index (κ3) is 0.675. The monoisotopic (exact) mass is 137 g/mol. The number of fused-ring (bicyclic) bond motifs is 1. The summed E-state index contributed by atoms with van der Waals surface area (Å²) in [5.74, 6) is 0.881. The van der Waals surface area contributed by atoms with Crippen molar-refractivity contribution in [2.75, 3.05) is 6.54 Å². The number of carbonyl (C=O) groups is 1. The minimum atomic E-state index is 0.120. The maximum absolute atomic E-state index is 11.0. The van der Waals surface area contributed by atoms with Crippen LogP contribution in [0, 0.1) is 0 Å². The summed E-state index contributed by atoms with van der Waals surface area (Å²) in [5, 5.41) is 2.93. The van der Waals surface area contributed by atoms with E-state index in [0.29, 0.717) is 13.1 Å². The second-order valence-electron chi connectivity index (χ2n) is 2.28. The molecule has 1 N–H and O–H groups in total. The Morgan fingerprint density at radius 3 is 3.20 bits per heavy atom. The Kier molecular flexibility index (Phi) is 1.11. The van der Waals surface area contributed by atoms with Gasteiger partial charge in [-0.1, -0.05) is 0 Å². The highest BCUT2D eigenvalue weighted by Gasteiger charge is 2.18. The fourth-order valence-corrected chi connectivity index (χ4v) is 1.11. The van der Waals surface area contributed by atoms with Gasteiger partial charge in [-0.3, -0.25) is 4.79 Å². The summed E-state index contributed by atoms with van der Waals surface area (Å²) in [6.07, 6.45) is 1.55. The van der Waals surface area contributed by atoms with Crippen LogP contribution in [-0.2, 0) is 6.54 Å². The summed E-state index contributed by atoms with van der Waals surface area (Å²) >= 11 is 0. The normalized spacial score (nSPS) is 17.0. The topological polar surface area (TPSA) is 42.2 Å². The summed E-state index contributed by atoms with van der Waals surface area (Å²) in [6.45, 7) is 1.11. The lowest BCUT2D eigenvalue weighted by Crippen LogP contribution is -2.28. The molecule has 0 saturated heterocycles. The van der Waals surface area contributed by atoms with Gasteiger partial charge in [-0.2, -0.15) is 0 Å². The van der Waals surface area contributed by atoms with Crippen LogP contribution in [0.25, 0.3) is 0 Å². The molecule has 0 radical (unpaired) electrons. The van der Waals surface area contributed by atoms with E-state index >= 15 is 0 Å². The van der Waals surface area contributed by atoms with Crippen LogP contribution in [-0.4, -0.2) is 12.3 Å². The van der Waals surface area contributed by atoms with Gasteiger partial charge in [0.25, 0.3) is 0 Å². The molecule has 10 heavy (non-hydrogen) atoms. The molecule has 0 spiro atoms. The molecule has 1 aliphatic rings. The highest BCUT2D eigenvalue weighted by atomic mass is 16.3. The Morgan fingerprint density at radius 2 is 2.40 bits per heavy atom. The van der Waals surface area contributed by atoms with Crippen molar-refractivity contribution < 1.29 is 9.21 Å². The van der Waals surface area contributed by atoms with Crippen molar-refractivity contribution in [2.24, 2.45) is 0 Å². The van der Waals surface area contributed by atoms with Gasteiger partial charge in [-0.05, 0) is 6.07 Å². The summed E-state index contributed by atoms with van der Waals surface area (Å²) in [7, 11) is 0. The maximum atomic E-state index is 11.0. The number of nitrogens with one attached hydrogen (secondary N) is 1. The largest absolute Gasteiger partial charge is 0.467 e. The molecule has 0 amide bonds. The van der Waals surface area contributed by atoms with E-state index in [4.69, 9.17) is 4.42 Å². The Hall–Kier alpha value is -1.09. The van der Waals surface area contributed by atoms with Gasteiger partial charge in [0.05, 0.1) is 24.9 Å². The molecule has 3 nitrogen and oxygen atoms in total. The number of rotatable bonds is 0. The SMILES string of the molecule is O=C1CNCc2occc21. The third-order valence-corrected chi connectivity index (χ3v) is 1.62. The summed E-state index contributed by atoms with van der Waals surface area (Å²) in [5.41, 5.74) is 0.735. The average Bonchev–Trinajstić information content (AvgIpc) is 2.36. The van der Waals surface area contributed by atoms with Crippen molar-refractivity contribution in [3.05, 3.63) is 23.7 Å². The molecule has 0 atom stereocenters. The predicted molar refractivity (Wildman–Crippen MR) is 34.7 cm³/mol. The van der Waals surface area contributed by atoms with Crippen LogP contribution in [0.1, 0.15) is 16.1 Å². The molecule has 2 heterocycles. The van der Waals surface area contributed by atoms with E-state index in [1.165, 1.54) is 0 Å². The Morgan fingerprint density at radius 1 is 1.50 bits per heavy atom. The fraction of sp³-hybridized carbons (Fsp3) is 0.286. The van der Waals surface area contributed by atoms with Gasteiger partial charge in [0.1, 0.15) is 5.76 Å². The first kappa shape index (κ1) is 5.68. The maximum Gasteiger partial charge on any atom is 0.180 e. The molecule has 0 aliphatic carbocycles. The number of hydrogen-bond acceptors (Lipinski definition) is 3. The second kappa shape index (κ2) is 1.95. The lowest BCUT2D eigenvalue weighted by Gasteiger charge is -2.08. The Labute approximate surface area is 58.0 Å². The smallest absolute Gasteiger partial charge is 0.180 e. The Balaban J connectivity index is 2.50. The standard InChI is InChI=1S/C7H7NO2/c9-6-3-8-4-7-5(6)1-2-10-7/h1-2,8H,3-4H2. The van der Waals surface area contributed by atoms with E-state index in [1.54, 1.807) is 12.3 Å². The predicted octanol–water partition coefficient (Wildman–Crippen LogP) is 0.565. The highest BCUT2D eigenvalue weighted by Crippen LogP contribution is 2.13. The first-order chi connectivity index (χ1) is 4.88. The van der Waals surface area contributed by atoms with Gasteiger partial charge in [-0.25, -0.2) is 0 Å². The van der Waals surface area contributed by atoms with E-state index in [1.807, 2.05) is 0 Å². The number of carbonyl (C=O) groups excluding carboxylic acids is 1. The van der Waals surface area contributed by atoms with Crippen LogP contribution >= 0.6 is 0 Å². The van der Waals surface area contributed by atoms with Crippen LogP contribution in [0.2, 0.25) is 0 Å². The highest BCUT2D eigenvalue weighted by molar-refractivity contribution is 5.99. The van der Waals surface area contributed by atoms with E-state index in [9.17, 15) is 4.79 Å². The fourth-order valence-electron chi connectivity index (χ4n) is 1.11. The Bertz CT molecular complexity index is 264. The molecule has 1 aliphatic heterocycles. The van der Waals surface area contributed by atoms with Gasteiger partial charge < -0.3 is 9.73 Å². The molecule has 0 saturated carbocycles. The summed E-state index contributed by atoms with van der Waals surface area (Å²) < 4.78 is 5.04. The van der Waals surface area contributed by atoms with Crippen LogP contribution < -0.4 is 5.32 Å². The lowest BCUT2D eigenvalue weighted by atomic mass is 10.1. The van der Waals surface area contributed by atoms with Gasteiger partial charge in [0.2, 0.25) is 0 Å². The van der Waals surface area contributed by atoms with E-state index in [2.05, 4.69) is 5.32 Å². The molecule has 52 valence electrons. The van der Waals surface area contributed by atoms with Crippen molar-refractivity contribution in [1.82, 2.24) is 5.32 Å². The third-order valence-electron chi connectivity index (χ3n) is 1.62. The average molecular weight is 137 g/mol. The zero-order valence-electron chi connectivity index (χ0n) is 5.39. The minimum absolute atomic E-state index is 0.120. The molecule has 0 aromatic carbocycles. The minimum Gasteiger partial charge on any atom is -0.467 e. The number of Topliss-reactive ketones (excluding diaryl/α,β-unsaturated/α-hetero) is 1. The quantitative estimate of drug-likeness (QED) is 0.568. The summed E-state index contributed by atoms with van der Waals surface area (Å²) in [4.78, 5) is 11.0. The van der Waals surface area contributed by atoms with Gasteiger partial charge in [0.15, 0.2) is 5.78 Å². The van der Waals surface area contributed by atoms with Crippen molar-refractivity contribution in [3.8, 4) is 0 Å². The van der Waals surface area contributed by atoms with Crippen molar-refractivity contribution in [2.45, 2.75) is 6.54 Å². The van der Waals surface area contributed by atoms with Gasteiger partial charge >= 0.3 is 0 Å². The molecule has 0 unspecified atom stereocenters. The van der Waals surface area contributed by atoms with E-state index < -0.39 is 0 Å². The van der Waals surface area contributed by atoms with Crippen LogP contribution in [0.3, 0.4) is 0 Å². The zero-order chi connectivity index (χ0) is 6.97. The molecule has 0 bridgehead atoms. The number of ketones is 1. The molecule has 0 fully saturated rings. The van der Waals surface area contributed by atoms with Crippen molar-refractivity contribution in [1.29, 1.82) is 0 Å². The van der Waals surface area contributed by atoms with Crippen LogP contribution in [0.15, 0.2) is 16.7 Å². The molecule has 3 heteroatoms. The lowest BCUT2D eigenvalue weighted by molar-refractivity contribution is 0.0979. The second-order valence-corrected chi connectivity index (χ2v) is 2.28. The van der Waals surface area contributed by atoms with Crippen LogP contribution in [0.4, 0.5) is 0 Å². The molecule has 1 aromatic heterocycles. The van der Waals surface area contributed by atoms with Crippen LogP contribution in [0.5, 0.6) is 0 Å². The first-order valence-electron chi connectivity index (χ1n) is 3.18. The van der Waals surface area contributed by atoms with Crippen molar-refractivity contribution >= 4 is 5.78 Å². The molecular formula is C7H7NO2. The number of hydrogen-bond donors (Lipinski definition) is 1. The molecular weight excluding hydrogens is 130 g/mol. The number of furan rings is 1. The van der Waals surface area contributed by atoms with Crippen molar-refractivity contribution in [3.63, 3.8) is 0 Å². The molecule has 2 rings (SSSR count). The zero-order valence-corrected chi connectivity index (χ0v) is 5.39. The van der Waals surface area contributed by atoms with Gasteiger partial charge in [0, 0.05) is 0 Å².